The summed E-state index contributed by atoms with van der Waals surface area (Å²) in [7, 11) is 0. The number of aromatic nitrogens is 2. The van der Waals surface area contributed by atoms with Crippen molar-refractivity contribution in [2.24, 2.45) is 5.73 Å². The van der Waals surface area contributed by atoms with Crippen LogP contribution in [0.15, 0.2) is 15.0 Å². The molecule has 5 nitrogen and oxygen atoms in total. The van der Waals surface area contributed by atoms with Crippen LogP contribution < -0.4 is 5.73 Å². The van der Waals surface area contributed by atoms with Gasteiger partial charge in [0.05, 0.1) is 11.1 Å². The molecular weight excluding hydrogens is 230 g/mol. The van der Waals surface area contributed by atoms with Crippen molar-refractivity contribution in [3.63, 3.8) is 0 Å². The van der Waals surface area contributed by atoms with Crippen LogP contribution in [0.3, 0.4) is 0 Å². The molecule has 18 heavy (non-hydrogen) atoms. The van der Waals surface area contributed by atoms with Crippen LogP contribution in [-0.2, 0) is 5.54 Å². The second kappa shape index (κ2) is 3.95. The molecule has 0 atom stereocenters. The van der Waals surface area contributed by atoms with Gasteiger partial charge < -0.3 is 14.7 Å². The minimum atomic E-state index is -0.408. The molecule has 0 unspecified atom stereocenters. The van der Waals surface area contributed by atoms with E-state index in [-0.39, 0.29) is 0 Å². The molecule has 96 valence electrons. The summed E-state index contributed by atoms with van der Waals surface area (Å²) in [6.45, 7) is 3.79. The van der Waals surface area contributed by atoms with Crippen LogP contribution in [0.1, 0.15) is 43.0 Å². The van der Waals surface area contributed by atoms with Crippen LogP contribution in [0.25, 0.3) is 11.5 Å². The van der Waals surface area contributed by atoms with Gasteiger partial charge in [-0.25, -0.2) is 0 Å². The van der Waals surface area contributed by atoms with E-state index >= 15 is 0 Å². The summed E-state index contributed by atoms with van der Waals surface area (Å²) in [4.78, 5) is 4.45. The number of hydrogen-bond donors (Lipinski definition) is 1. The lowest BCUT2D eigenvalue weighted by molar-refractivity contribution is 0.372. The molecule has 1 saturated carbocycles. The first-order valence-corrected chi connectivity index (χ1v) is 6.29. The maximum Gasteiger partial charge on any atom is 0.261 e. The monoisotopic (exact) mass is 247 g/mol. The van der Waals surface area contributed by atoms with E-state index in [1.54, 1.807) is 0 Å². The average Bonchev–Trinajstić information content (AvgIpc) is 2.99. The minimum absolute atomic E-state index is 0.408. The van der Waals surface area contributed by atoms with Gasteiger partial charge in [-0.2, -0.15) is 4.98 Å². The van der Waals surface area contributed by atoms with Crippen molar-refractivity contribution >= 4 is 0 Å². The smallest absolute Gasteiger partial charge is 0.261 e. The van der Waals surface area contributed by atoms with Gasteiger partial charge in [0.15, 0.2) is 5.82 Å². The normalized spacial score (nSPS) is 18.4. The summed E-state index contributed by atoms with van der Waals surface area (Å²) in [5.74, 6) is 2.75. The molecule has 0 saturated heterocycles. The van der Waals surface area contributed by atoms with Crippen LogP contribution in [0, 0.1) is 13.8 Å². The van der Waals surface area contributed by atoms with Crippen LogP contribution in [0.5, 0.6) is 0 Å². The van der Waals surface area contributed by atoms with E-state index in [4.69, 9.17) is 14.7 Å². The van der Waals surface area contributed by atoms with Crippen LogP contribution in [0.4, 0.5) is 0 Å². The highest BCUT2D eigenvalue weighted by Gasteiger charge is 2.36. The summed E-state index contributed by atoms with van der Waals surface area (Å²) in [6, 6.07) is 1.91. The van der Waals surface area contributed by atoms with Crippen molar-refractivity contribution in [3.05, 3.63) is 23.4 Å². The van der Waals surface area contributed by atoms with Gasteiger partial charge in [-0.3, -0.25) is 0 Å². The van der Waals surface area contributed by atoms with Crippen molar-refractivity contribution in [1.29, 1.82) is 0 Å². The molecule has 2 aromatic heterocycles. The van der Waals surface area contributed by atoms with Crippen molar-refractivity contribution in [1.82, 2.24) is 10.1 Å². The number of furan rings is 1. The summed E-state index contributed by atoms with van der Waals surface area (Å²) in [5.41, 5.74) is 6.75. The van der Waals surface area contributed by atoms with Gasteiger partial charge in [0.25, 0.3) is 5.89 Å². The Labute approximate surface area is 105 Å². The third-order valence-electron chi connectivity index (χ3n) is 3.64. The molecule has 1 aliphatic rings. The summed E-state index contributed by atoms with van der Waals surface area (Å²) in [6.07, 6.45) is 4.11. The number of aryl methyl sites for hydroxylation is 2. The Morgan fingerprint density at radius 1 is 1.28 bits per heavy atom. The predicted octanol–water partition coefficient (Wildman–Crippen LogP) is 2.67. The Morgan fingerprint density at radius 3 is 2.61 bits per heavy atom. The molecular formula is C13H17N3O2. The molecule has 0 aliphatic heterocycles. The van der Waals surface area contributed by atoms with Gasteiger partial charge >= 0.3 is 0 Å². The lowest BCUT2D eigenvalue weighted by atomic mass is 9.99. The molecule has 0 bridgehead atoms. The highest BCUT2D eigenvalue weighted by atomic mass is 16.5. The first kappa shape index (κ1) is 11.5. The van der Waals surface area contributed by atoms with E-state index in [1.807, 2.05) is 19.9 Å². The predicted molar refractivity (Wildman–Crippen MR) is 65.8 cm³/mol. The Hall–Kier alpha value is -1.62. The van der Waals surface area contributed by atoms with Gasteiger partial charge in [0, 0.05) is 0 Å². The Kier molecular flexibility index (Phi) is 2.52. The fourth-order valence-electron chi connectivity index (χ4n) is 2.61. The third kappa shape index (κ3) is 1.75. The Balaban J connectivity index is 1.96. The maximum absolute atomic E-state index is 6.31. The maximum atomic E-state index is 6.31. The van der Waals surface area contributed by atoms with E-state index < -0.39 is 5.54 Å². The molecule has 0 amide bonds. The van der Waals surface area contributed by atoms with Gasteiger partial charge in [-0.05, 0) is 32.8 Å². The zero-order valence-corrected chi connectivity index (χ0v) is 10.7. The van der Waals surface area contributed by atoms with Gasteiger partial charge in [-0.1, -0.05) is 18.0 Å². The Bertz CT molecular complexity index is 565. The molecule has 3 rings (SSSR count). The van der Waals surface area contributed by atoms with Gasteiger partial charge in [-0.15, -0.1) is 0 Å². The fraction of sp³-hybridized carbons (Fsp3) is 0.538. The largest absolute Gasteiger partial charge is 0.466 e. The molecule has 2 heterocycles. The van der Waals surface area contributed by atoms with Crippen molar-refractivity contribution < 1.29 is 8.94 Å². The van der Waals surface area contributed by atoms with Crippen molar-refractivity contribution in [2.75, 3.05) is 0 Å². The average molecular weight is 247 g/mol. The van der Waals surface area contributed by atoms with Crippen LogP contribution >= 0.6 is 0 Å². The number of nitrogens with two attached hydrogens (primary N) is 1. The fourth-order valence-corrected chi connectivity index (χ4v) is 2.61. The van der Waals surface area contributed by atoms with E-state index in [0.717, 1.165) is 42.8 Å². The molecule has 0 radical (unpaired) electrons. The number of nitrogens with zero attached hydrogens (tertiary/aromatic N) is 2. The third-order valence-corrected chi connectivity index (χ3v) is 3.64. The highest BCUT2D eigenvalue weighted by Crippen LogP contribution is 2.36. The lowest BCUT2D eigenvalue weighted by Gasteiger charge is -2.17. The second-order valence-corrected chi connectivity index (χ2v) is 5.11. The molecule has 1 aliphatic carbocycles. The summed E-state index contributed by atoms with van der Waals surface area (Å²) >= 11 is 0. The van der Waals surface area contributed by atoms with E-state index in [2.05, 4.69) is 10.1 Å². The van der Waals surface area contributed by atoms with Crippen LogP contribution in [0.2, 0.25) is 0 Å². The van der Waals surface area contributed by atoms with Crippen molar-refractivity contribution in [3.8, 4) is 11.5 Å². The zero-order chi connectivity index (χ0) is 12.8. The SMILES string of the molecule is Cc1cc(-c2nc(C3(N)CCCC3)no2)c(C)o1. The van der Waals surface area contributed by atoms with Gasteiger partial charge in [0.2, 0.25) is 0 Å². The Morgan fingerprint density at radius 2 is 2.00 bits per heavy atom. The van der Waals surface area contributed by atoms with Gasteiger partial charge in [0.1, 0.15) is 11.5 Å². The highest BCUT2D eigenvalue weighted by molar-refractivity contribution is 5.56. The standard InChI is InChI=1S/C13H17N3O2/c1-8-7-10(9(2)17-8)11-15-12(16-18-11)13(14)5-3-4-6-13/h7H,3-6,14H2,1-2H3. The van der Waals surface area contributed by atoms with E-state index in [1.165, 1.54) is 0 Å². The summed E-state index contributed by atoms with van der Waals surface area (Å²) < 4.78 is 10.8. The second-order valence-electron chi connectivity index (χ2n) is 5.11. The molecule has 2 N–H and O–H groups in total. The van der Waals surface area contributed by atoms with E-state index in [0.29, 0.717) is 11.7 Å². The molecule has 1 fully saturated rings. The lowest BCUT2D eigenvalue weighted by Crippen LogP contribution is -2.34. The summed E-state index contributed by atoms with van der Waals surface area (Å²) in [5, 5.41) is 4.04. The first-order valence-electron chi connectivity index (χ1n) is 6.29. The topological polar surface area (TPSA) is 78.1 Å². The van der Waals surface area contributed by atoms with Crippen LogP contribution in [-0.4, -0.2) is 10.1 Å². The number of rotatable bonds is 2. The zero-order valence-electron chi connectivity index (χ0n) is 10.7. The van der Waals surface area contributed by atoms with Crippen molar-refractivity contribution in [2.45, 2.75) is 45.1 Å². The van der Waals surface area contributed by atoms with E-state index in [9.17, 15) is 0 Å². The molecule has 0 aromatic carbocycles. The number of hydrogen-bond acceptors (Lipinski definition) is 5. The minimum Gasteiger partial charge on any atom is -0.466 e. The molecule has 5 heteroatoms. The molecule has 2 aromatic rings. The first-order chi connectivity index (χ1) is 8.58. The quantitative estimate of drug-likeness (QED) is 0.882. The molecule has 0 spiro atoms.